The van der Waals surface area contributed by atoms with Crippen LogP contribution in [0.1, 0.15) is 30.4 Å². The molecule has 5 nitrogen and oxygen atoms in total. The second-order valence-corrected chi connectivity index (χ2v) is 8.23. The Hall–Kier alpha value is -2.71. The summed E-state index contributed by atoms with van der Waals surface area (Å²) in [6, 6.07) is 7.71. The van der Waals surface area contributed by atoms with Gasteiger partial charge in [-0.2, -0.15) is 0 Å². The van der Waals surface area contributed by atoms with Gasteiger partial charge in [0.25, 0.3) is 5.56 Å². The third-order valence-electron chi connectivity index (χ3n) is 5.74. The molecule has 0 aliphatic carbocycles. The van der Waals surface area contributed by atoms with Crippen molar-refractivity contribution in [1.82, 2.24) is 4.57 Å². The van der Waals surface area contributed by atoms with Crippen molar-refractivity contribution >= 4 is 11.4 Å². The molecule has 2 aliphatic rings. The third-order valence-corrected chi connectivity index (χ3v) is 5.74. The Kier molecular flexibility index (Phi) is 6.35. The topological polar surface area (TPSA) is 52.8 Å². The Morgan fingerprint density at radius 3 is 2.75 bits per heavy atom. The molecule has 1 saturated heterocycles. The predicted octanol–water partition coefficient (Wildman–Crippen LogP) is 5.02. The summed E-state index contributed by atoms with van der Waals surface area (Å²) in [5.41, 5.74) is 5.66. The zero-order valence-corrected chi connectivity index (χ0v) is 18.0. The van der Waals surface area contributed by atoms with Gasteiger partial charge in [-0.3, -0.25) is 14.5 Å². The molecule has 2 aliphatic heterocycles. The third kappa shape index (κ3) is 5.19. The number of fused-ring (bicyclic) bond motifs is 1. The minimum absolute atomic E-state index is 0.0517. The van der Waals surface area contributed by atoms with Crippen molar-refractivity contribution < 1.29 is 22.6 Å². The molecule has 3 heterocycles. The molecule has 0 bridgehead atoms. The fourth-order valence-corrected chi connectivity index (χ4v) is 4.16. The summed E-state index contributed by atoms with van der Waals surface area (Å²) >= 11 is 0. The molecular formula is C24H25F3N2O3. The average Bonchev–Trinajstić information content (AvgIpc) is 3.19. The predicted molar refractivity (Wildman–Crippen MR) is 116 cm³/mol. The summed E-state index contributed by atoms with van der Waals surface area (Å²) in [5.74, 6) is 0. The van der Waals surface area contributed by atoms with Crippen LogP contribution in [0.15, 0.2) is 51.9 Å². The van der Waals surface area contributed by atoms with Crippen LogP contribution in [0.2, 0.25) is 0 Å². The number of alkyl halides is 3. The molecule has 1 atom stereocenters. The Labute approximate surface area is 184 Å². The number of rotatable bonds is 5. The molecule has 1 fully saturated rings. The van der Waals surface area contributed by atoms with Gasteiger partial charge in [0.2, 0.25) is 0 Å². The van der Waals surface area contributed by atoms with Gasteiger partial charge in [-0.05, 0) is 73.6 Å². The number of aromatic nitrogens is 1. The Balaban J connectivity index is 1.68. The molecule has 2 aromatic rings. The van der Waals surface area contributed by atoms with E-state index in [4.69, 9.17) is 9.73 Å². The van der Waals surface area contributed by atoms with Crippen LogP contribution in [-0.2, 0) is 22.9 Å². The van der Waals surface area contributed by atoms with Gasteiger partial charge in [0.05, 0.1) is 24.1 Å². The first kappa shape index (κ1) is 22.5. The van der Waals surface area contributed by atoms with Crippen LogP contribution in [-0.4, -0.2) is 36.0 Å². The van der Waals surface area contributed by atoms with Gasteiger partial charge in [-0.1, -0.05) is 11.6 Å². The molecule has 1 aromatic heterocycles. The normalized spacial score (nSPS) is 18.7. The van der Waals surface area contributed by atoms with E-state index in [-0.39, 0.29) is 18.1 Å². The number of hydrogen-bond acceptors (Lipinski definition) is 4. The maximum atomic E-state index is 12.5. The van der Waals surface area contributed by atoms with E-state index < -0.39 is 13.0 Å². The lowest BCUT2D eigenvalue weighted by Gasteiger charge is -2.12. The van der Waals surface area contributed by atoms with Crippen LogP contribution in [0.5, 0.6) is 0 Å². The quantitative estimate of drug-likeness (QED) is 0.648. The number of benzene rings is 1. The fraction of sp³-hybridized carbons (Fsp3) is 0.417. The van der Waals surface area contributed by atoms with Gasteiger partial charge < -0.3 is 9.30 Å². The molecule has 8 heteroatoms. The Morgan fingerprint density at radius 1 is 1.25 bits per heavy atom. The summed E-state index contributed by atoms with van der Waals surface area (Å²) in [5, 5.41) is 0. The molecule has 32 heavy (non-hydrogen) atoms. The van der Waals surface area contributed by atoms with Gasteiger partial charge >= 0.3 is 6.36 Å². The number of hydrogen-bond donors (Lipinski definition) is 0. The molecule has 4 rings (SSSR count). The maximum Gasteiger partial charge on any atom is 0.522 e. The minimum atomic E-state index is -4.65. The van der Waals surface area contributed by atoms with E-state index >= 15 is 0 Å². The van der Waals surface area contributed by atoms with Crippen LogP contribution in [0, 0.1) is 6.92 Å². The van der Waals surface area contributed by atoms with E-state index in [9.17, 15) is 18.0 Å². The van der Waals surface area contributed by atoms with Crippen LogP contribution < -0.4 is 5.56 Å². The highest BCUT2D eigenvalue weighted by Gasteiger charge is 2.29. The van der Waals surface area contributed by atoms with E-state index in [0.717, 1.165) is 46.5 Å². The average molecular weight is 446 g/mol. The lowest BCUT2D eigenvalue weighted by atomic mass is 9.96. The van der Waals surface area contributed by atoms with Crippen molar-refractivity contribution in [2.45, 2.75) is 45.1 Å². The molecular weight excluding hydrogens is 421 g/mol. The first-order valence-corrected chi connectivity index (χ1v) is 10.6. The molecule has 1 aromatic carbocycles. The molecule has 0 spiro atoms. The summed E-state index contributed by atoms with van der Waals surface area (Å²) < 4.78 is 48.8. The van der Waals surface area contributed by atoms with E-state index in [2.05, 4.69) is 4.74 Å². The Bertz CT molecular complexity index is 1100. The van der Waals surface area contributed by atoms with Gasteiger partial charge in [-0.15, -0.1) is 13.2 Å². The van der Waals surface area contributed by atoms with Gasteiger partial charge in [0.1, 0.15) is 0 Å². The first-order chi connectivity index (χ1) is 15.2. The minimum Gasteiger partial charge on any atom is -0.372 e. The highest BCUT2D eigenvalue weighted by Crippen LogP contribution is 2.33. The summed E-state index contributed by atoms with van der Waals surface area (Å²) in [6.45, 7) is 1.99. The van der Waals surface area contributed by atoms with Gasteiger partial charge in [0.15, 0.2) is 0 Å². The first-order valence-electron chi connectivity index (χ1n) is 10.6. The summed E-state index contributed by atoms with van der Waals surface area (Å²) in [6.07, 6.45) is 1.24. The molecule has 0 radical (unpaired) electrons. The Morgan fingerprint density at radius 2 is 2.06 bits per heavy atom. The van der Waals surface area contributed by atoms with Crippen LogP contribution in [0.4, 0.5) is 18.9 Å². The number of aliphatic imine (C=N–C) groups is 1. The maximum absolute atomic E-state index is 12.5. The second-order valence-electron chi connectivity index (χ2n) is 8.23. The summed E-state index contributed by atoms with van der Waals surface area (Å²) in [4.78, 5) is 16.8. The van der Waals surface area contributed by atoms with Crippen molar-refractivity contribution in [3.05, 3.63) is 63.6 Å². The second kappa shape index (κ2) is 9.03. The van der Waals surface area contributed by atoms with Crippen molar-refractivity contribution in [2.75, 3.05) is 13.2 Å². The van der Waals surface area contributed by atoms with Crippen LogP contribution in [0.25, 0.3) is 11.1 Å². The number of nitrogens with zero attached hydrogens (tertiary/aromatic N) is 2. The standard InChI is InChI=1S/C24H25F3N2O3/c1-15-10-19(14-29(2)23(15)30)17-5-6-20-18(13-17)11-16(7-9-32-24(25,26)27)12-21(28-20)22-4-3-8-31-22/h5-6,10,12-14,22H,3-4,7-9,11H2,1-2H3. The van der Waals surface area contributed by atoms with Crippen LogP contribution in [0.3, 0.4) is 0 Å². The zero-order valence-electron chi connectivity index (χ0n) is 18.0. The van der Waals surface area contributed by atoms with Crippen molar-refractivity contribution in [3.8, 4) is 11.1 Å². The zero-order chi connectivity index (χ0) is 22.9. The van der Waals surface area contributed by atoms with E-state index in [1.54, 1.807) is 24.7 Å². The molecule has 170 valence electrons. The summed E-state index contributed by atoms with van der Waals surface area (Å²) in [7, 11) is 1.71. The van der Waals surface area contributed by atoms with Crippen molar-refractivity contribution in [2.24, 2.45) is 12.0 Å². The number of halogens is 3. The molecule has 1 unspecified atom stereocenters. The van der Waals surface area contributed by atoms with E-state index in [1.807, 2.05) is 30.3 Å². The molecule has 0 amide bonds. The van der Waals surface area contributed by atoms with Crippen molar-refractivity contribution in [1.29, 1.82) is 0 Å². The van der Waals surface area contributed by atoms with Crippen LogP contribution >= 0.6 is 0 Å². The number of aryl methyl sites for hydroxylation is 2. The van der Waals surface area contributed by atoms with Crippen molar-refractivity contribution in [3.63, 3.8) is 0 Å². The lowest BCUT2D eigenvalue weighted by molar-refractivity contribution is -0.324. The smallest absolute Gasteiger partial charge is 0.372 e. The largest absolute Gasteiger partial charge is 0.522 e. The highest BCUT2D eigenvalue weighted by molar-refractivity contribution is 6.01. The monoisotopic (exact) mass is 446 g/mol. The van der Waals surface area contributed by atoms with Gasteiger partial charge in [0, 0.05) is 25.4 Å². The molecule has 0 N–H and O–H groups in total. The van der Waals surface area contributed by atoms with E-state index in [1.165, 1.54) is 0 Å². The fourth-order valence-electron chi connectivity index (χ4n) is 4.16. The molecule has 0 saturated carbocycles. The lowest BCUT2D eigenvalue weighted by Crippen LogP contribution is -2.18. The van der Waals surface area contributed by atoms with E-state index in [0.29, 0.717) is 18.6 Å². The van der Waals surface area contributed by atoms with Gasteiger partial charge in [-0.25, -0.2) is 0 Å². The number of ether oxygens (including phenoxy) is 2. The SMILES string of the molecule is Cc1cc(-c2ccc3c(c2)CC(CCOC(F)(F)F)=CC(C2CCCO2)=N3)cn(C)c1=O. The number of pyridine rings is 1. The highest BCUT2D eigenvalue weighted by atomic mass is 19.4.